The van der Waals surface area contributed by atoms with Crippen LogP contribution in [0, 0.1) is 6.92 Å². The van der Waals surface area contributed by atoms with Crippen LogP contribution in [0.25, 0.3) is 0 Å². The van der Waals surface area contributed by atoms with E-state index in [0.717, 1.165) is 24.7 Å². The summed E-state index contributed by atoms with van der Waals surface area (Å²) >= 11 is 0. The van der Waals surface area contributed by atoms with Gasteiger partial charge in [-0.15, -0.1) is 0 Å². The standard InChI is InChI=1S/C37H42N4O4/c1-27-33(20-25-44-27)36(42)38-30-14-12-29(13-15-30)37(43)39(2)34-8-4-5-9-35(34)45-26-28-10-16-31(17-11-28)41-23-18-32(19-24-41)40-21-6-3-7-22-40/h4-5,8-17,20,25,32H,3,6-7,18-19,21-24,26H2,1-2H3,(H,38,42). The molecule has 2 aliphatic rings. The SMILES string of the molecule is Cc1occc1C(=O)Nc1ccc(C(=O)N(C)c2ccccc2OCc2ccc(N3CCC(N4CCCCC4)CC3)cc2)cc1. The maximum Gasteiger partial charge on any atom is 0.259 e. The van der Waals surface area contributed by atoms with E-state index in [9.17, 15) is 9.59 Å². The molecule has 0 spiro atoms. The first kappa shape index (κ1) is 30.5. The number of ether oxygens (including phenoxy) is 1. The number of likely N-dealkylation sites (tertiary alicyclic amines) is 1. The highest BCUT2D eigenvalue weighted by Gasteiger charge is 2.25. The summed E-state index contributed by atoms with van der Waals surface area (Å²) in [4.78, 5) is 32.7. The molecule has 3 heterocycles. The molecule has 1 aromatic heterocycles. The van der Waals surface area contributed by atoms with Crippen LogP contribution in [0.15, 0.2) is 89.5 Å². The Hall–Kier alpha value is -4.56. The normalized spacial score (nSPS) is 15.9. The lowest BCUT2D eigenvalue weighted by molar-refractivity contribution is 0.0990. The Morgan fingerprint density at radius 2 is 1.60 bits per heavy atom. The number of piperidine rings is 2. The Labute approximate surface area is 265 Å². The number of amides is 2. The average molecular weight is 607 g/mol. The molecule has 2 aliphatic heterocycles. The summed E-state index contributed by atoms with van der Waals surface area (Å²) in [5, 5.41) is 2.84. The van der Waals surface area contributed by atoms with Gasteiger partial charge in [-0.1, -0.05) is 30.7 Å². The Bertz CT molecular complexity index is 1580. The van der Waals surface area contributed by atoms with Crippen LogP contribution >= 0.6 is 0 Å². The second kappa shape index (κ2) is 14.0. The van der Waals surface area contributed by atoms with Crippen LogP contribution in [0.5, 0.6) is 5.75 Å². The zero-order valence-electron chi connectivity index (χ0n) is 26.2. The minimum absolute atomic E-state index is 0.178. The first-order chi connectivity index (χ1) is 22.0. The molecular weight excluding hydrogens is 564 g/mol. The van der Waals surface area contributed by atoms with Crippen molar-refractivity contribution in [1.82, 2.24) is 4.90 Å². The molecule has 2 fully saturated rings. The van der Waals surface area contributed by atoms with Crippen molar-refractivity contribution in [1.29, 1.82) is 0 Å². The van der Waals surface area contributed by atoms with Gasteiger partial charge in [0.2, 0.25) is 0 Å². The van der Waals surface area contributed by atoms with Crippen LogP contribution in [-0.4, -0.2) is 56.0 Å². The maximum atomic E-state index is 13.4. The number of aryl methyl sites for hydroxylation is 1. The van der Waals surface area contributed by atoms with Crippen molar-refractivity contribution in [2.75, 3.05) is 48.3 Å². The fraction of sp³-hybridized carbons (Fsp3) is 0.351. The lowest BCUT2D eigenvalue weighted by atomic mass is 9.99. The van der Waals surface area contributed by atoms with Gasteiger partial charge in [0.15, 0.2) is 0 Å². The highest BCUT2D eigenvalue weighted by molar-refractivity contribution is 6.07. The lowest BCUT2D eigenvalue weighted by Crippen LogP contribution is -2.46. The number of carbonyl (C=O) groups excluding carboxylic acids is 2. The Morgan fingerprint density at radius 3 is 2.29 bits per heavy atom. The maximum absolute atomic E-state index is 13.4. The summed E-state index contributed by atoms with van der Waals surface area (Å²) in [7, 11) is 1.74. The molecule has 0 bridgehead atoms. The molecule has 1 N–H and O–H groups in total. The third kappa shape index (κ3) is 7.23. The van der Waals surface area contributed by atoms with Gasteiger partial charge in [0.05, 0.1) is 17.5 Å². The van der Waals surface area contributed by atoms with Crippen molar-refractivity contribution in [2.24, 2.45) is 0 Å². The van der Waals surface area contributed by atoms with Crippen molar-refractivity contribution < 1.29 is 18.7 Å². The van der Waals surface area contributed by atoms with Crippen LogP contribution in [0.2, 0.25) is 0 Å². The van der Waals surface area contributed by atoms with Gasteiger partial charge in [0.1, 0.15) is 18.1 Å². The van der Waals surface area contributed by atoms with Crippen molar-refractivity contribution in [3.8, 4) is 5.75 Å². The largest absolute Gasteiger partial charge is 0.487 e. The predicted octanol–water partition coefficient (Wildman–Crippen LogP) is 7.15. The number of nitrogens with one attached hydrogen (secondary N) is 1. The molecule has 6 rings (SSSR count). The number of nitrogens with zero attached hydrogens (tertiary/aromatic N) is 3. The van der Waals surface area contributed by atoms with E-state index < -0.39 is 0 Å². The van der Waals surface area contributed by atoms with E-state index in [1.165, 1.54) is 57.1 Å². The first-order valence-electron chi connectivity index (χ1n) is 16.0. The molecular formula is C37H42N4O4. The summed E-state index contributed by atoms with van der Waals surface area (Å²) < 4.78 is 11.5. The Balaban J connectivity index is 1.03. The van der Waals surface area contributed by atoms with E-state index in [4.69, 9.17) is 9.15 Å². The van der Waals surface area contributed by atoms with Gasteiger partial charge in [-0.25, -0.2) is 0 Å². The highest BCUT2D eigenvalue weighted by atomic mass is 16.5. The van der Waals surface area contributed by atoms with Gasteiger partial charge in [-0.05, 0) is 106 Å². The van der Waals surface area contributed by atoms with Gasteiger partial charge in [0, 0.05) is 43.1 Å². The van der Waals surface area contributed by atoms with Crippen molar-refractivity contribution >= 4 is 28.9 Å². The van der Waals surface area contributed by atoms with Gasteiger partial charge in [-0.2, -0.15) is 0 Å². The number of anilines is 3. The molecule has 0 unspecified atom stereocenters. The smallest absolute Gasteiger partial charge is 0.259 e. The van der Waals surface area contributed by atoms with E-state index >= 15 is 0 Å². The molecule has 2 amide bonds. The number of rotatable bonds is 9. The molecule has 3 aromatic carbocycles. The predicted molar refractivity (Wildman–Crippen MR) is 178 cm³/mol. The highest BCUT2D eigenvalue weighted by Crippen LogP contribution is 2.30. The molecule has 8 nitrogen and oxygen atoms in total. The third-order valence-electron chi connectivity index (χ3n) is 9.09. The molecule has 0 radical (unpaired) electrons. The van der Waals surface area contributed by atoms with Crippen LogP contribution in [-0.2, 0) is 6.61 Å². The summed E-state index contributed by atoms with van der Waals surface area (Å²) in [5.74, 6) is 0.753. The molecule has 4 aromatic rings. The van der Waals surface area contributed by atoms with Crippen molar-refractivity contribution in [3.05, 3.63) is 108 Å². The molecule has 0 saturated carbocycles. The summed E-state index contributed by atoms with van der Waals surface area (Å²) in [6.45, 7) is 6.90. The number of carbonyl (C=O) groups is 2. The van der Waals surface area contributed by atoms with Gasteiger partial charge < -0.3 is 29.2 Å². The van der Waals surface area contributed by atoms with Crippen molar-refractivity contribution in [3.63, 3.8) is 0 Å². The molecule has 45 heavy (non-hydrogen) atoms. The summed E-state index contributed by atoms with van der Waals surface area (Å²) in [6.07, 6.45) is 8.05. The fourth-order valence-electron chi connectivity index (χ4n) is 6.41. The molecule has 2 saturated heterocycles. The Morgan fingerprint density at radius 1 is 0.889 bits per heavy atom. The second-order valence-electron chi connectivity index (χ2n) is 12.0. The van der Waals surface area contributed by atoms with Crippen LogP contribution < -0.4 is 19.9 Å². The monoisotopic (exact) mass is 606 g/mol. The van der Waals surface area contributed by atoms with E-state index in [1.807, 2.05) is 24.3 Å². The number of hydrogen-bond acceptors (Lipinski definition) is 6. The number of furan rings is 1. The molecule has 0 aliphatic carbocycles. The lowest BCUT2D eigenvalue weighted by Gasteiger charge is -2.41. The minimum atomic E-state index is -0.258. The molecule has 0 atom stereocenters. The van der Waals surface area contributed by atoms with Gasteiger partial charge in [-0.3, -0.25) is 9.59 Å². The fourth-order valence-corrected chi connectivity index (χ4v) is 6.41. The number of para-hydroxylation sites is 2. The van der Waals surface area contributed by atoms with Crippen molar-refractivity contribution in [2.45, 2.75) is 51.7 Å². The summed E-state index contributed by atoms with van der Waals surface area (Å²) in [5.41, 5.74) is 4.60. The minimum Gasteiger partial charge on any atom is -0.487 e. The molecule has 234 valence electrons. The topological polar surface area (TPSA) is 78.3 Å². The zero-order chi connectivity index (χ0) is 31.2. The van der Waals surface area contributed by atoms with E-state index in [1.54, 1.807) is 49.2 Å². The number of hydrogen-bond donors (Lipinski definition) is 1. The van der Waals surface area contributed by atoms with Gasteiger partial charge in [0.25, 0.3) is 11.8 Å². The summed E-state index contributed by atoms with van der Waals surface area (Å²) in [6, 6.07) is 25.5. The number of benzene rings is 3. The van der Waals surface area contributed by atoms with E-state index in [2.05, 4.69) is 39.4 Å². The first-order valence-corrected chi connectivity index (χ1v) is 16.0. The van der Waals surface area contributed by atoms with E-state index in [0.29, 0.717) is 40.6 Å². The van der Waals surface area contributed by atoms with Crippen LogP contribution in [0.1, 0.15) is 64.1 Å². The third-order valence-corrected chi connectivity index (χ3v) is 9.09. The Kier molecular flexibility index (Phi) is 9.50. The molecule has 8 heteroatoms. The van der Waals surface area contributed by atoms with Crippen LogP contribution in [0.3, 0.4) is 0 Å². The van der Waals surface area contributed by atoms with Gasteiger partial charge >= 0.3 is 0 Å². The van der Waals surface area contributed by atoms with Crippen LogP contribution in [0.4, 0.5) is 17.1 Å². The van der Waals surface area contributed by atoms with E-state index in [-0.39, 0.29) is 11.8 Å². The average Bonchev–Trinajstić information content (AvgIpc) is 3.54. The second-order valence-corrected chi connectivity index (χ2v) is 12.0. The zero-order valence-corrected chi connectivity index (χ0v) is 26.2. The quantitative estimate of drug-likeness (QED) is 0.218.